The van der Waals surface area contributed by atoms with Crippen molar-refractivity contribution in [2.75, 3.05) is 51.8 Å². The Labute approximate surface area is 325 Å². The number of carbonyl (C=O) groups excluding carboxylic acids is 2. The summed E-state index contributed by atoms with van der Waals surface area (Å²) in [6.45, 7) is 17.3. The van der Waals surface area contributed by atoms with Crippen LogP contribution in [0.1, 0.15) is 86.9 Å². The highest BCUT2D eigenvalue weighted by Crippen LogP contribution is 2.68. The SMILES string of the molecule is CCC1=C[C@@H]2CN(CCc3c([nH]c4ccc(C)cc34)[C@@](C)(c3cc4c(cc3C)N(C)C3C(O)(C(=O)OC)[C@H](OC(C)=O)[C@]5(CC)C=CCN6CC[C@]43[C@@H]65)C2)C1. The number of aryl methyl sites for hydroxylation is 2. The molecular weight excluding hydrogens is 689 g/mol. The molecule has 6 heterocycles. The minimum absolute atomic E-state index is 0.115. The van der Waals surface area contributed by atoms with Gasteiger partial charge in [0.05, 0.1) is 13.2 Å². The predicted octanol–water partition coefficient (Wildman–Crippen LogP) is 6.25. The van der Waals surface area contributed by atoms with E-state index in [1.165, 1.54) is 64.0 Å². The third-order valence-electron chi connectivity index (χ3n) is 15.2. The lowest BCUT2D eigenvalue weighted by Crippen LogP contribution is -2.81. The number of aromatic amines is 1. The van der Waals surface area contributed by atoms with E-state index < -0.39 is 40.5 Å². The highest BCUT2D eigenvalue weighted by Gasteiger charge is 2.80. The van der Waals surface area contributed by atoms with E-state index in [0.717, 1.165) is 64.1 Å². The molecule has 2 aromatic carbocycles. The summed E-state index contributed by atoms with van der Waals surface area (Å²) in [7, 11) is 3.33. The van der Waals surface area contributed by atoms with E-state index in [2.05, 4.69) is 103 Å². The summed E-state index contributed by atoms with van der Waals surface area (Å²) in [6, 6.07) is 10.8. The molecule has 2 N–H and O–H groups in total. The Bertz CT molecular complexity index is 2170. The van der Waals surface area contributed by atoms with Gasteiger partial charge in [-0.3, -0.25) is 14.6 Å². The summed E-state index contributed by atoms with van der Waals surface area (Å²) in [5.41, 5.74) is 7.38. The van der Waals surface area contributed by atoms with E-state index in [1.54, 1.807) is 0 Å². The second-order valence-electron chi connectivity index (χ2n) is 18.0. The van der Waals surface area contributed by atoms with E-state index in [1.807, 2.05) is 7.05 Å². The minimum Gasteiger partial charge on any atom is -0.467 e. The number of aliphatic hydroxyl groups is 1. The first-order valence-electron chi connectivity index (χ1n) is 20.6. The van der Waals surface area contributed by atoms with Gasteiger partial charge >= 0.3 is 11.9 Å². The molecule has 2 fully saturated rings. The molecule has 6 aliphatic rings. The van der Waals surface area contributed by atoms with Crippen molar-refractivity contribution in [3.63, 3.8) is 0 Å². The van der Waals surface area contributed by atoms with Crippen LogP contribution < -0.4 is 4.90 Å². The second kappa shape index (κ2) is 12.5. The number of anilines is 1. The smallest absolute Gasteiger partial charge is 0.344 e. The van der Waals surface area contributed by atoms with Gasteiger partial charge in [0, 0.05) is 84.7 Å². The number of rotatable bonds is 5. The molecule has 55 heavy (non-hydrogen) atoms. The van der Waals surface area contributed by atoms with E-state index >= 15 is 0 Å². The summed E-state index contributed by atoms with van der Waals surface area (Å²) in [5.74, 6) is -0.896. The molecule has 3 aromatic rings. The van der Waals surface area contributed by atoms with Crippen LogP contribution in [-0.2, 0) is 36.3 Å². The maximum absolute atomic E-state index is 14.3. The number of nitrogens with one attached hydrogen (secondary N) is 1. The molecule has 5 aliphatic heterocycles. The molecule has 1 saturated carbocycles. The van der Waals surface area contributed by atoms with Crippen LogP contribution in [0.5, 0.6) is 0 Å². The number of hydrogen-bond donors (Lipinski definition) is 2. The summed E-state index contributed by atoms with van der Waals surface area (Å²) < 4.78 is 11.7. The third-order valence-corrected chi connectivity index (χ3v) is 15.2. The van der Waals surface area contributed by atoms with Crippen molar-refractivity contribution in [1.82, 2.24) is 14.8 Å². The van der Waals surface area contributed by atoms with Gasteiger partial charge in [0.25, 0.3) is 0 Å². The molecule has 1 aromatic heterocycles. The first-order chi connectivity index (χ1) is 26.3. The molecule has 0 radical (unpaired) electrons. The van der Waals surface area contributed by atoms with Crippen molar-refractivity contribution in [2.45, 2.75) is 108 Å². The van der Waals surface area contributed by atoms with Crippen molar-refractivity contribution in [1.29, 1.82) is 0 Å². The number of likely N-dealkylation sites (N-methyl/N-ethyl adjacent to an activating group) is 1. The van der Waals surface area contributed by atoms with E-state index in [4.69, 9.17) is 9.47 Å². The topological polar surface area (TPSA) is 98.3 Å². The number of hydrogen-bond acceptors (Lipinski definition) is 8. The van der Waals surface area contributed by atoms with Crippen molar-refractivity contribution in [2.24, 2.45) is 11.3 Å². The van der Waals surface area contributed by atoms with Gasteiger partial charge in [-0.25, -0.2) is 4.79 Å². The van der Waals surface area contributed by atoms with Crippen molar-refractivity contribution in [3.8, 4) is 0 Å². The Morgan fingerprint density at radius 2 is 1.87 bits per heavy atom. The quantitative estimate of drug-likeness (QED) is 0.234. The van der Waals surface area contributed by atoms with Gasteiger partial charge < -0.3 is 24.5 Å². The highest BCUT2D eigenvalue weighted by atomic mass is 16.6. The van der Waals surface area contributed by atoms with Gasteiger partial charge in [-0.1, -0.05) is 55.3 Å². The Morgan fingerprint density at radius 3 is 2.60 bits per heavy atom. The van der Waals surface area contributed by atoms with E-state index in [9.17, 15) is 14.7 Å². The Hall–Kier alpha value is -3.92. The lowest BCUT2D eigenvalue weighted by Gasteiger charge is -2.63. The number of aromatic nitrogens is 1. The normalized spacial score (nSPS) is 36.2. The maximum Gasteiger partial charge on any atom is 0.344 e. The number of fused-ring (bicyclic) bond motifs is 6. The minimum atomic E-state index is -2.14. The van der Waals surface area contributed by atoms with Crippen LogP contribution in [0.15, 0.2) is 54.1 Å². The van der Waals surface area contributed by atoms with Gasteiger partial charge in [0.15, 0.2) is 6.10 Å². The highest BCUT2D eigenvalue weighted by molar-refractivity contribution is 5.88. The fourth-order valence-corrected chi connectivity index (χ4v) is 13.2. The number of ether oxygens (including phenoxy) is 2. The summed E-state index contributed by atoms with van der Waals surface area (Å²) >= 11 is 0. The predicted molar refractivity (Wildman–Crippen MR) is 216 cm³/mol. The standard InChI is InChI=1S/C46H58N4O5/c1-9-30-22-31-24-43(6,38-32(14-18-49(25-30)26-31)33-20-27(3)12-13-36(33)47-38)34-23-35-37(21-28(34)4)48(7)40-45(35)16-19-50-17-11-15-44(10-2,39(45)50)41(55-29(5)51)46(40,53)42(52)54-8/h11-13,15,20-23,31,39-41,47,53H,9-10,14,16-19,24-26H2,1-8H3/t31-,39-,40?,41+,43+,44+,45+,46?/m0/s1. The summed E-state index contributed by atoms with van der Waals surface area (Å²) in [5, 5.41) is 14.6. The fraction of sp³-hybridized carbons (Fsp3) is 0.565. The maximum atomic E-state index is 14.3. The number of H-pyrrole nitrogens is 1. The average Bonchev–Trinajstić information content (AvgIpc) is 3.82. The molecule has 1 saturated heterocycles. The molecule has 1 spiro atoms. The van der Waals surface area contributed by atoms with Crippen LogP contribution in [0.3, 0.4) is 0 Å². The molecule has 9 nitrogen and oxygen atoms in total. The molecule has 9 heteroatoms. The van der Waals surface area contributed by atoms with Crippen molar-refractivity contribution < 1.29 is 24.2 Å². The lowest BCUT2D eigenvalue weighted by atomic mass is 9.47. The molecule has 292 valence electrons. The first kappa shape index (κ1) is 36.7. The number of nitrogens with zero attached hydrogens (tertiary/aromatic N) is 3. The number of benzene rings is 2. The number of carbonyl (C=O) groups is 2. The zero-order chi connectivity index (χ0) is 38.8. The average molecular weight is 747 g/mol. The summed E-state index contributed by atoms with van der Waals surface area (Å²) in [4.78, 5) is 38.6. The Balaban J connectivity index is 1.31. The van der Waals surface area contributed by atoms with Gasteiger partial charge in [-0.2, -0.15) is 0 Å². The van der Waals surface area contributed by atoms with Crippen LogP contribution in [-0.4, -0.2) is 102 Å². The first-order valence-corrected chi connectivity index (χ1v) is 20.6. The lowest BCUT2D eigenvalue weighted by molar-refractivity contribution is -0.228. The van der Waals surface area contributed by atoms with Crippen LogP contribution >= 0.6 is 0 Å². The van der Waals surface area contributed by atoms with Crippen LogP contribution in [0, 0.1) is 25.2 Å². The van der Waals surface area contributed by atoms with Crippen LogP contribution in [0.2, 0.25) is 0 Å². The van der Waals surface area contributed by atoms with E-state index in [-0.39, 0.29) is 11.5 Å². The molecule has 1 aliphatic carbocycles. The van der Waals surface area contributed by atoms with Gasteiger partial charge in [0.1, 0.15) is 0 Å². The second-order valence-corrected chi connectivity index (χ2v) is 18.0. The molecule has 3 unspecified atom stereocenters. The monoisotopic (exact) mass is 746 g/mol. The van der Waals surface area contributed by atoms with Crippen LogP contribution in [0.4, 0.5) is 5.69 Å². The van der Waals surface area contributed by atoms with E-state index in [0.29, 0.717) is 12.3 Å². The largest absolute Gasteiger partial charge is 0.467 e. The molecule has 9 atom stereocenters. The van der Waals surface area contributed by atoms with Gasteiger partial charge in [-0.05, 0) is 106 Å². The summed E-state index contributed by atoms with van der Waals surface area (Å²) in [6.07, 6.45) is 10.1. The Kier molecular flexibility index (Phi) is 8.37. The molecule has 9 rings (SSSR count). The van der Waals surface area contributed by atoms with Crippen molar-refractivity contribution >= 4 is 28.5 Å². The molecule has 0 amide bonds. The Morgan fingerprint density at radius 1 is 1.07 bits per heavy atom. The van der Waals surface area contributed by atoms with Crippen molar-refractivity contribution in [3.05, 3.63) is 87.6 Å². The molecule has 2 bridgehead atoms. The van der Waals surface area contributed by atoms with Gasteiger partial charge in [0.2, 0.25) is 5.60 Å². The third kappa shape index (κ3) is 4.81. The number of methoxy groups -OCH3 is 1. The fourth-order valence-electron chi connectivity index (χ4n) is 13.2. The van der Waals surface area contributed by atoms with Gasteiger partial charge in [-0.15, -0.1) is 0 Å². The zero-order valence-corrected chi connectivity index (χ0v) is 33.9. The molecular formula is C46H58N4O5. The number of esters is 2. The zero-order valence-electron chi connectivity index (χ0n) is 33.9. The van der Waals surface area contributed by atoms with Crippen LogP contribution in [0.25, 0.3) is 10.9 Å².